The molecule has 0 saturated carbocycles. The second kappa shape index (κ2) is 10.7. The van der Waals surface area contributed by atoms with Crippen molar-refractivity contribution in [3.05, 3.63) is 78.0 Å². The van der Waals surface area contributed by atoms with Crippen molar-refractivity contribution < 1.29 is 9.59 Å². The monoisotopic (exact) mass is 463 g/mol. The van der Waals surface area contributed by atoms with Crippen LogP contribution >= 0.6 is 23.5 Å². The molecule has 7 heteroatoms. The van der Waals surface area contributed by atoms with Crippen LogP contribution in [0.25, 0.3) is 0 Å². The van der Waals surface area contributed by atoms with Gasteiger partial charge in [0.25, 0.3) is 5.91 Å². The van der Waals surface area contributed by atoms with Gasteiger partial charge in [-0.15, -0.1) is 11.8 Å². The number of carbonyl (C=O) groups excluding carboxylic acids is 2. The summed E-state index contributed by atoms with van der Waals surface area (Å²) in [5, 5.41) is 3.80. The Morgan fingerprint density at radius 2 is 1.91 bits per heavy atom. The second-order valence-electron chi connectivity index (χ2n) is 7.43. The minimum Gasteiger partial charge on any atom is -0.356 e. The maximum atomic E-state index is 13.2. The SMILES string of the molecule is CSc1ccc(CCNC(=O)CCCN2C(=O)c3ccccc3Sc3ncccc32)cc1. The number of pyridine rings is 1. The fourth-order valence-electron chi connectivity index (χ4n) is 3.60. The summed E-state index contributed by atoms with van der Waals surface area (Å²) in [5.41, 5.74) is 2.68. The second-order valence-corrected chi connectivity index (χ2v) is 9.34. The van der Waals surface area contributed by atoms with E-state index in [9.17, 15) is 9.59 Å². The molecule has 0 atom stereocenters. The van der Waals surface area contributed by atoms with Crippen molar-refractivity contribution in [1.29, 1.82) is 0 Å². The van der Waals surface area contributed by atoms with Gasteiger partial charge < -0.3 is 10.2 Å². The first-order chi connectivity index (χ1) is 15.7. The van der Waals surface area contributed by atoms with Crippen LogP contribution in [0.15, 0.2) is 81.7 Å². The van der Waals surface area contributed by atoms with Crippen LogP contribution in [0.3, 0.4) is 0 Å². The Hall–Kier alpha value is -2.77. The Morgan fingerprint density at radius 1 is 1.09 bits per heavy atom. The fraction of sp³-hybridized carbons (Fsp3) is 0.240. The summed E-state index contributed by atoms with van der Waals surface area (Å²) in [6.45, 7) is 1.08. The third-order valence-corrected chi connectivity index (χ3v) is 7.12. The molecule has 0 saturated heterocycles. The number of amides is 2. The van der Waals surface area contributed by atoms with Gasteiger partial charge in [-0.05, 0) is 61.1 Å². The van der Waals surface area contributed by atoms with Crippen LogP contribution in [0.4, 0.5) is 5.69 Å². The first-order valence-electron chi connectivity index (χ1n) is 10.6. The summed E-state index contributed by atoms with van der Waals surface area (Å²) in [7, 11) is 0. The van der Waals surface area contributed by atoms with Gasteiger partial charge in [0.05, 0.1) is 11.3 Å². The molecule has 0 spiro atoms. The van der Waals surface area contributed by atoms with E-state index in [-0.39, 0.29) is 11.8 Å². The van der Waals surface area contributed by atoms with Crippen molar-refractivity contribution in [1.82, 2.24) is 10.3 Å². The number of nitrogens with one attached hydrogen (secondary N) is 1. The first-order valence-corrected chi connectivity index (χ1v) is 12.6. The number of anilines is 1. The van der Waals surface area contributed by atoms with Crippen LogP contribution in [-0.4, -0.2) is 36.1 Å². The predicted octanol–water partition coefficient (Wildman–Crippen LogP) is 5.05. The molecule has 0 fully saturated rings. The Bertz CT molecular complexity index is 1100. The van der Waals surface area contributed by atoms with Crippen molar-refractivity contribution in [2.75, 3.05) is 24.2 Å². The van der Waals surface area contributed by atoms with E-state index in [1.807, 2.05) is 36.4 Å². The molecule has 2 aromatic carbocycles. The molecule has 164 valence electrons. The lowest BCUT2D eigenvalue weighted by atomic mass is 10.1. The zero-order valence-corrected chi connectivity index (χ0v) is 19.5. The third kappa shape index (κ3) is 5.34. The van der Waals surface area contributed by atoms with Crippen molar-refractivity contribution in [2.24, 2.45) is 0 Å². The van der Waals surface area contributed by atoms with Gasteiger partial charge in [-0.1, -0.05) is 36.0 Å². The summed E-state index contributed by atoms with van der Waals surface area (Å²) in [6, 6.07) is 19.8. The summed E-state index contributed by atoms with van der Waals surface area (Å²) >= 11 is 3.23. The van der Waals surface area contributed by atoms with Gasteiger partial charge in [-0.3, -0.25) is 9.59 Å². The third-order valence-electron chi connectivity index (χ3n) is 5.29. The highest BCUT2D eigenvalue weighted by molar-refractivity contribution is 7.99. The van der Waals surface area contributed by atoms with Gasteiger partial charge in [-0.2, -0.15) is 0 Å². The van der Waals surface area contributed by atoms with E-state index < -0.39 is 0 Å². The molecule has 4 rings (SSSR count). The van der Waals surface area contributed by atoms with Gasteiger partial charge >= 0.3 is 0 Å². The predicted molar refractivity (Wildman–Crippen MR) is 131 cm³/mol. The maximum absolute atomic E-state index is 13.2. The molecule has 1 aliphatic heterocycles. The van der Waals surface area contributed by atoms with Crippen LogP contribution < -0.4 is 10.2 Å². The fourth-order valence-corrected chi connectivity index (χ4v) is 5.03. The molecule has 1 N–H and O–H groups in total. The number of benzene rings is 2. The summed E-state index contributed by atoms with van der Waals surface area (Å²) in [5.74, 6) is -0.0388. The van der Waals surface area contributed by atoms with Crippen LogP contribution in [0.5, 0.6) is 0 Å². The van der Waals surface area contributed by atoms with E-state index in [4.69, 9.17) is 0 Å². The van der Waals surface area contributed by atoms with E-state index >= 15 is 0 Å². The number of nitrogens with zero attached hydrogens (tertiary/aromatic N) is 2. The highest BCUT2D eigenvalue weighted by Gasteiger charge is 2.27. The molecular weight excluding hydrogens is 438 g/mol. The molecule has 0 radical (unpaired) electrons. The number of rotatable bonds is 8. The summed E-state index contributed by atoms with van der Waals surface area (Å²) in [4.78, 5) is 33.9. The Kier molecular flexibility index (Phi) is 7.50. The van der Waals surface area contributed by atoms with E-state index in [1.54, 1.807) is 22.9 Å². The Morgan fingerprint density at radius 3 is 2.72 bits per heavy atom. The highest BCUT2D eigenvalue weighted by Crippen LogP contribution is 2.39. The van der Waals surface area contributed by atoms with Crippen LogP contribution in [0.2, 0.25) is 0 Å². The van der Waals surface area contributed by atoms with E-state index in [1.165, 1.54) is 22.2 Å². The molecule has 0 aliphatic carbocycles. The Balaban J connectivity index is 1.32. The highest BCUT2D eigenvalue weighted by atomic mass is 32.2. The largest absolute Gasteiger partial charge is 0.356 e. The van der Waals surface area contributed by atoms with E-state index in [0.717, 1.165) is 22.0 Å². The number of hydrogen-bond acceptors (Lipinski definition) is 5. The molecule has 32 heavy (non-hydrogen) atoms. The lowest BCUT2D eigenvalue weighted by molar-refractivity contribution is -0.121. The standard InChI is InChI=1S/C25H25N3O2S2/c1-31-19-12-10-18(11-13-19)14-16-26-23(29)9-5-17-28-21-7-4-15-27-24(21)32-22-8-3-2-6-20(22)25(28)30/h2-4,6-8,10-13,15H,5,9,14,16-17H2,1H3,(H,26,29). The average Bonchev–Trinajstić information content (AvgIpc) is 2.94. The summed E-state index contributed by atoms with van der Waals surface area (Å²) in [6.07, 6.45) is 5.56. The van der Waals surface area contributed by atoms with Gasteiger partial charge in [0.2, 0.25) is 5.91 Å². The smallest absolute Gasteiger partial charge is 0.259 e. The normalized spacial score (nSPS) is 12.7. The van der Waals surface area contributed by atoms with E-state index in [0.29, 0.717) is 31.5 Å². The molecule has 0 bridgehead atoms. The first kappa shape index (κ1) is 22.4. The van der Waals surface area contributed by atoms with Gasteiger partial charge in [0.15, 0.2) is 0 Å². The molecule has 3 aromatic rings. The minimum absolute atomic E-state index is 0.00851. The van der Waals surface area contributed by atoms with Gasteiger partial charge in [0.1, 0.15) is 5.03 Å². The average molecular weight is 464 g/mol. The zero-order chi connectivity index (χ0) is 22.3. The lowest BCUT2D eigenvalue weighted by Crippen LogP contribution is -2.33. The molecular formula is C25H25N3O2S2. The zero-order valence-electron chi connectivity index (χ0n) is 17.9. The molecule has 0 unspecified atom stereocenters. The summed E-state index contributed by atoms with van der Waals surface area (Å²) < 4.78 is 0. The quantitative estimate of drug-likeness (QED) is 0.474. The Labute approximate surface area is 197 Å². The molecule has 2 amide bonds. The van der Waals surface area contributed by atoms with Crippen LogP contribution in [-0.2, 0) is 11.2 Å². The lowest BCUT2D eigenvalue weighted by Gasteiger charge is -2.22. The van der Waals surface area contributed by atoms with Crippen molar-refractivity contribution in [3.8, 4) is 0 Å². The van der Waals surface area contributed by atoms with Crippen molar-refractivity contribution >= 4 is 41.0 Å². The van der Waals surface area contributed by atoms with Gasteiger partial charge in [-0.25, -0.2) is 4.98 Å². The van der Waals surface area contributed by atoms with Crippen molar-refractivity contribution in [3.63, 3.8) is 0 Å². The van der Waals surface area contributed by atoms with Crippen LogP contribution in [0, 0.1) is 0 Å². The number of thioether (sulfide) groups is 1. The van der Waals surface area contributed by atoms with E-state index in [2.05, 4.69) is 40.8 Å². The van der Waals surface area contributed by atoms with Crippen LogP contribution in [0.1, 0.15) is 28.8 Å². The maximum Gasteiger partial charge on any atom is 0.259 e. The molecule has 1 aliphatic rings. The topological polar surface area (TPSA) is 62.3 Å². The number of aromatic nitrogens is 1. The van der Waals surface area contributed by atoms with Gasteiger partial charge in [0, 0.05) is 35.5 Å². The minimum atomic E-state index is -0.0473. The molecule has 1 aromatic heterocycles. The number of hydrogen-bond donors (Lipinski definition) is 1. The molecule has 2 heterocycles. The number of fused-ring (bicyclic) bond motifs is 2. The number of carbonyl (C=O) groups is 2. The van der Waals surface area contributed by atoms with Crippen molar-refractivity contribution in [2.45, 2.75) is 34.1 Å². The molecule has 5 nitrogen and oxygen atoms in total.